The first-order valence-corrected chi connectivity index (χ1v) is 12.3. The zero-order chi connectivity index (χ0) is 23.8. The third-order valence-electron chi connectivity index (χ3n) is 6.22. The Kier molecular flexibility index (Phi) is 9.21. The lowest BCUT2D eigenvalue weighted by atomic mass is 10.0. The molecular weight excluding hydrogens is 435 g/mol. The highest BCUT2D eigenvalue weighted by Gasteiger charge is 2.20. The Balaban J connectivity index is 1.52. The van der Waals surface area contributed by atoms with Crippen molar-refractivity contribution in [3.05, 3.63) is 65.0 Å². The Labute approximate surface area is 202 Å². The fourth-order valence-electron chi connectivity index (χ4n) is 4.23. The highest BCUT2D eigenvalue weighted by molar-refractivity contribution is 7.80. The monoisotopic (exact) mass is 470 g/mol. The van der Waals surface area contributed by atoms with E-state index in [-0.39, 0.29) is 17.8 Å². The van der Waals surface area contributed by atoms with Gasteiger partial charge >= 0.3 is 0 Å². The van der Waals surface area contributed by atoms with Gasteiger partial charge in [-0.25, -0.2) is 4.39 Å². The number of anilines is 1. The van der Waals surface area contributed by atoms with Crippen molar-refractivity contribution < 1.29 is 9.18 Å². The van der Waals surface area contributed by atoms with Gasteiger partial charge in [-0.1, -0.05) is 44.2 Å². The summed E-state index contributed by atoms with van der Waals surface area (Å²) in [5.74, 6) is -0.209. The molecule has 2 N–H and O–H groups in total. The second-order valence-corrected chi connectivity index (χ2v) is 8.93. The van der Waals surface area contributed by atoms with Crippen LogP contribution in [-0.2, 0) is 17.6 Å². The summed E-state index contributed by atoms with van der Waals surface area (Å²) in [5.41, 5.74) is 4.32. The molecule has 1 aliphatic rings. The molecule has 3 rings (SSSR count). The number of para-hydroxylation sites is 1. The molecule has 1 atom stereocenters. The minimum atomic E-state index is -0.241. The molecule has 1 fully saturated rings. The fraction of sp³-hybridized carbons (Fsp3) is 0.462. The van der Waals surface area contributed by atoms with Crippen LogP contribution < -0.4 is 10.6 Å². The summed E-state index contributed by atoms with van der Waals surface area (Å²) in [6.45, 7) is 9.86. The number of nitrogens with one attached hydrogen (secondary N) is 2. The first-order valence-electron chi connectivity index (χ1n) is 11.8. The number of rotatable bonds is 7. The van der Waals surface area contributed by atoms with Crippen molar-refractivity contribution in [2.45, 2.75) is 46.1 Å². The number of hydrogen-bond donors (Lipinski definition) is 2. The van der Waals surface area contributed by atoms with Crippen LogP contribution in [0.1, 0.15) is 49.9 Å². The maximum Gasteiger partial charge on any atom is 0.238 e. The molecule has 1 saturated heterocycles. The van der Waals surface area contributed by atoms with Crippen LogP contribution in [0.5, 0.6) is 0 Å². The molecule has 0 bridgehead atoms. The Morgan fingerprint density at radius 2 is 1.70 bits per heavy atom. The normalized spacial score (nSPS) is 15.6. The number of halogens is 1. The van der Waals surface area contributed by atoms with Crippen LogP contribution in [0, 0.1) is 5.82 Å². The molecule has 5 nitrogen and oxygen atoms in total. The highest BCUT2D eigenvalue weighted by atomic mass is 32.1. The van der Waals surface area contributed by atoms with E-state index in [1.807, 2.05) is 6.92 Å². The van der Waals surface area contributed by atoms with Crippen molar-refractivity contribution >= 4 is 28.9 Å². The highest BCUT2D eigenvalue weighted by Crippen LogP contribution is 2.22. The molecule has 1 aliphatic heterocycles. The van der Waals surface area contributed by atoms with Crippen LogP contribution in [0.15, 0.2) is 42.5 Å². The van der Waals surface area contributed by atoms with Gasteiger partial charge in [0.05, 0.1) is 12.6 Å². The molecule has 2 aromatic carbocycles. The lowest BCUT2D eigenvalue weighted by Gasteiger charge is -2.27. The third kappa shape index (κ3) is 6.98. The lowest BCUT2D eigenvalue weighted by Crippen LogP contribution is -2.43. The van der Waals surface area contributed by atoms with E-state index < -0.39 is 0 Å². The van der Waals surface area contributed by atoms with Crippen molar-refractivity contribution in [3.8, 4) is 0 Å². The van der Waals surface area contributed by atoms with Gasteiger partial charge in [0.15, 0.2) is 5.11 Å². The van der Waals surface area contributed by atoms with Gasteiger partial charge in [0.1, 0.15) is 5.82 Å². The molecule has 1 unspecified atom stereocenters. The number of nitrogens with zero attached hydrogens (tertiary/aromatic N) is 2. The van der Waals surface area contributed by atoms with Crippen molar-refractivity contribution in [1.29, 1.82) is 0 Å². The van der Waals surface area contributed by atoms with E-state index in [4.69, 9.17) is 12.2 Å². The zero-order valence-electron chi connectivity index (χ0n) is 19.9. The molecule has 0 aliphatic carbocycles. The molecule has 1 heterocycles. The van der Waals surface area contributed by atoms with Crippen LogP contribution in [0.2, 0.25) is 0 Å². The van der Waals surface area contributed by atoms with E-state index in [9.17, 15) is 9.18 Å². The Bertz CT molecular complexity index is 928. The molecule has 0 radical (unpaired) electrons. The number of carbonyl (C=O) groups is 1. The number of thiocarbonyl (C=S) groups is 1. The topological polar surface area (TPSA) is 47.6 Å². The zero-order valence-corrected chi connectivity index (χ0v) is 20.7. The van der Waals surface area contributed by atoms with Gasteiger partial charge in [-0.3, -0.25) is 9.69 Å². The number of hydrogen-bond acceptors (Lipinski definition) is 3. The molecule has 0 spiro atoms. The molecule has 7 heteroatoms. The van der Waals surface area contributed by atoms with Gasteiger partial charge in [-0.05, 0) is 67.2 Å². The van der Waals surface area contributed by atoms with Gasteiger partial charge in [-0.15, -0.1) is 0 Å². The maximum absolute atomic E-state index is 13.2. The number of aryl methyl sites for hydroxylation is 2. The summed E-state index contributed by atoms with van der Waals surface area (Å²) >= 11 is 5.65. The van der Waals surface area contributed by atoms with Crippen LogP contribution in [0.4, 0.5) is 10.1 Å². The van der Waals surface area contributed by atoms with Crippen LogP contribution >= 0.6 is 12.2 Å². The summed E-state index contributed by atoms with van der Waals surface area (Å²) < 4.78 is 13.2. The maximum atomic E-state index is 13.2. The van der Waals surface area contributed by atoms with E-state index in [0.29, 0.717) is 11.7 Å². The lowest BCUT2D eigenvalue weighted by molar-refractivity contribution is -0.117. The predicted molar refractivity (Wildman–Crippen MR) is 137 cm³/mol. The largest absolute Gasteiger partial charge is 0.356 e. The number of benzene rings is 2. The van der Waals surface area contributed by atoms with E-state index >= 15 is 0 Å². The van der Waals surface area contributed by atoms with Crippen LogP contribution in [0.25, 0.3) is 0 Å². The van der Waals surface area contributed by atoms with E-state index in [1.165, 1.54) is 23.3 Å². The summed E-state index contributed by atoms with van der Waals surface area (Å²) in [4.78, 5) is 17.2. The smallest absolute Gasteiger partial charge is 0.238 e. The standard InChI is InChI=1S/C26H35FN4OS/c1-4-20-8-6-9-21(5-2)25(20)29-24(32)18-30-14-7-15-31(17-16-30)26(33)28-19(3)22-10-12-23(27)13-11-22/h6,8-13,19H,4-5,7,14-18H2,1-3H3,(H,28,33)(H,29,32). The summed E-state index contributed by atoms with van der Waals surface area (Å²) in [6, 6.07) is 12.7. The summed E-state index contributed by atoms with van der Waals surface area (Å²) in [5, 5.41) is 7.23. The minimum Gasteiger partial charge on any atom is -0.356 e. The third-order valence-corrected chi connectivity index (χ3v) is 6.59. The van der Waals surface area contributed by atoms with Crippen LogP contribution in [-0.4, -0.2) is 53.5 Å². The predicted octanol–water partition coefficient (Wildman–Crippen LogP) is 4.53. The summed E-state index contributed by atoms with van der Waals surface area (Å²) in [7, 11) is 0. The van der Waals surface area contributed by atoms with E-state index in [1.54, 1.807) is 12.1 Å². The van der Waals surface area contributed by atoms with Crippen molar-refractivity contribution in [2.75, 3.05) is 38.0 Å². The van der Waals surface area contributed by atoms with Gasteiger partial charge < -0.3 is 15.5 Å². The molecule has 33 heavy (non-hydrogen) atoms. The Morgan fingerprint density at radius 1 is 1.03 bits per heavy atom. The van der Waals surface area contributed by atoms with Gasteiger partial charge in [0.2, 0.25) is 5.91 Å². The fourth-order valence-corrected chi connectivity index (χ4v) is 4.59. The quantitative estimate of drug-likeness (QED) is 0.582. The number of amides is 1. The molecule has 178 valence electrons. The van der Waals surface area contributed by atoms with Crippen molar-refractivity contribution in [1.82, 2.24) is 15.1 Å². The molecule has 0 saturated carbocycles. The van der Waals surface area contributed by atoms with Gasteiger partial charge in [-0.2, -0.15) is 0 Å². The molecule has 1 amide bonds. The van der Waals surface area contributed by atoms with E-state index in [2.05, 4.69) is 52.5 Å². The Hall–Kier alpha value is -2.51. The first-order chi connectivity index (χ1) is 15.9. The van der Waals surface area contributed by atoms with Crippen LogP contribution in [0.3, 0.4) is 0 Å². The minimum absolute atomic E-state index is 0.00497. The van der Waals surface area contributed by atoms with E-state index in [0.717, 1.165) is 56.7 Å². The second-order valence-electron chi connectivity index (χ2n) is 8.55. The first kappa shape index (κ1) is 25.1. The van der Waals surface area contributed by atoms with Crippen molar-refractivity contribution in [2.24, 2.45) is 0 Å². The summed E-state index contributed by atoms with van der Waals surface area (Å²) in [6.07, 6.45) is 2.72. The van der Waals surface area contributed by atoms with Gasteiger partial charge in [0, 0.05) is 31.9 Å². The average Bonchev–Trinajstić information content (AvgIpc) is 3.05. The number of carbonyl (C=O) groups excluding carboxylic acids is 1. The average molecular weight is 471 g/mol. The molecule has 0 aromatic heterocycles. The van der Waals surface area contributed by atoms with Gasteiger partial charge in [0.25, 0.3) is 0 Å². The molecular formula is C26H35FN4OS. The second kappa shape index (κ2) is 12.1. The molecule has 2 aromatic rings. The van der Waals surface area contributed by atoms with Crippen molar-refractivity contribution in [3.63, 3.8) is 0 Å². The Morgan fingerprint density at radius 3 is 2.33 bits per heavy atom. The SMILES string of the molecule is CCc1cccc(CC)c1NC(=O)CN1CCCN(C(=S)NC(C)c2ccc(F)cc2)CC1.